The molecule has 2 aromatic heterocycles. The highest BCUT2D eigenvalue weighted by Crippen LogP contribution is 2.37. The van der Waals surface area contributed by atoms with Crippen molar-refractivity contribution in [3.8, 4) is 28.1 Å². The van der Waals surface area contributed by atoms with Crippen molar-refractivity contribution >= 4 is 23.5 Å². The van der Waals surface area contributed by atoms with Gasteiger partial charge in [-0.3, -0.25) is 4.98 Å². The Bertz CT molecular complexity index is 1380. The molecule has 7 nitrogen and oxygen atoms in total. The highest BCUT2D eigenvalue weighted by atomic mass is 32.2. The van der Waals surface area contributed by atoms with Gasteiger partial charge in [-0.1, -0.05) is 0 Å². The van der Waals surface area contributed by atoms with Crippen molar-refractivity contribution in [2.24, 2.45) is 0 Å². The van der Waals surface area contributed by atoms with Gasteiger partial charge in [-0.15, -0.1) is 0 Å². The lowest BCUT2D eigenvalue weighted by atomic mass is 10.0. The van der Waals surface area contributed by atoms with E-state index in [0.717, 1.165) is 69.0 Å². The molecule has 4 heterocycles. The molecule has 2 aliphatic rings. The number of nitrogens with one attached hydrogen (secondary N) is 2. The van der Waals surface area contributed by atoms with E-state index in [9.17, 15) is 4.39 Å². The van der Waals surface area contributed by atoms with Crippen LogP contribution < -0.4 is 14.9 Å². The van der Waals surface area contributed by atoms with Gasteiger partial charge < -0.3 is 14.9 Å². The number of piperazine rings is 1. The van der Waals surface area contributed by atoms with E-state index < -0.39 is 11.6 Å². The average molecular weight is 534 g/mol. The Kier molecular flexibility index (Phi) is 7.26. The molecule has 4 aromatic rings. The number of hydrogen-bond donors (Lipinski definition) is 2. The van der Waals surface area contributed by atoms with E-state index in [2.05, 4.69) is 36.4 Å². The van der Waals surface area contributed by atoms with Gasteiger partial charge in [0, 0.05) is 98.4 Å². The van der Waals surface area contributed by atoms with Crippen LogP contribution in [-0.2, 0) is 0 Å². The zero-order chi connectivity index (χ0) is 25.9. The van der Waals surface area contributed by atoms with Crippen LogP contribution in [0.5, 0.6) is 0 Å². The first-order valence-electron chi connectivity index (χ1n) is 12.9. The smallest absolute Gasteiger partial charge is 0.155 e. The Morgan fingerprint density at radius 3 is 2.29 bits per heavy atom. The molecule has 2 saturated heterocycles. The van der Waals surface area contributed by atoms with Crippen LogP contribution in [0.25, 0.3) is 28.1 Å². The number of hydrogen-bond acceptors (Lipinski definition) is 7. The van der Waals surface area contributed by atoms with Gasteiger partial charge in [0.1, 0.15) is 11.5 Å². The zero-order valence-corrected chi connectivity index (χ0v) is 21.7. The summed E-state index contributed by atoms with van der Waals surface area (Å²) >= 11 is 1.32. The molecule has 0 amide bonds. The summed E-state index contributed by atoms with van der Waals surface area (Å²) in [6.07, 6.45) is 7.32. The van der Waals surface area contributed by atoms with E-state index in [-0.39, 0.29) is 11.3 Å². The molecule has 2 fully saturated rings. The molecule has 0 unspecified atom stereocenters. The minimum absolute atomic E-state index is 0.116. The summed E-state index contributed by atoms with van der Waals surface area (Å²) in [4.78, 5) is 6.45. The van der Waals surface area contributed by atoms with Crippen molar-refractivity contribution in [1.82, 2.24) is 24.4 Å². The SMILES string of the molecule is Fc1cc(NSN2CCCC2)c(F)c(-c2cn(-c3ccc(N4CCNCC4)cc3)nc2-c2ccncc2)c1. The lowest BCUT2D eigenvalue weighted by molar-refractivity contribution is 0.587. The van der Waals surface area contributed by atoms with Crippen LogP contribution >= 0.6 is 12.1 Å². The Hall–Kier alpha value is -3.47. The van der Waals surface area contributed by atoms with E-state index in [1.54, 1.807) is 23.3 Å². The first kappa shape index (κ1) is 24.8. The molecule has 38 heavy (non-hydrogen) atoms. The van der Waals surface area contributed by atoms with Gasteiger partial charge in [-0.05, 0) is 55.3 Å². The van der Waals surface area contributed by atoms with Gasteiger partial charge in [0.05, 0.1) is 11.4 Å². The molecular weight excluding hydrogens is 504 g/mol. The molecule has 0 saturated carbocycles. The van der Waals surface area contributed by atoms with Gasteiger partial charge in [0.2, 0.25) is 0 Å². The summed E-state index contributed by atoms with van der Waals surface area (Å²) < 4.78 is 37.5. The average Bonchev–Trinajstić information content (AvgIpc) is 3.65. The number of rotatable bonds is 7. The van der Waals surface area contributed by atoms with Crippen LogP contribution in [-0.4, -0.2) is 58.3 Å². The molecule has 2 aliphatic heterocycles. The fourth-order valence-electron chi connectivity index (χ4n) is 4.92. The minimum Gasteiger partial charge on any atom is -0.369 e. The monoisotopic (exact) mass is 533 g/mol. The van der Waals surface area contributed by atoms with Crippen LogP contribution in [0.2, 0.25) is 0 Å². The predicted molar refractivity (Wildman–Crippen MR) is 149 cm³/mol. The molecule has 0 aliphatic carbocycles. The van der Waals surface area contributed by atoms with Crippen molar-refractivity contribution in [3.63, 3.8) is 0 Å². The van der Waals surface area contributed by atoms with Crippen LogP contribution in [0.15, 0.2) is 67.1 Å². The molecule has 10 heteroatoms. The zero-order valence-electron chi connectivity index (χ0n) is 20.9. The summed E-state index contributed by atoms with van der Waals surface area (Å²) in [7, 11) is 0. The quantitative estimate of drug-likeness (QED) is 0.310. The lowest BCUT2D eigenvalue weighted by Gasteiger charge is -2.29. The van der Waals surface area contributed by atoms with Crippen molar-refractivity contribution in [2.75, 3.05) is 48.9 Å². The number of aromatic nitrogens is 3. The topological polar surface area (TPSA) is 61.2 Å². The highest BCUT2D eigenvalue weighted by Gasteiger charge is 2.22. The van der Waals surface area contributed by atoms with Crippen molar-refractivity contribution < 1.29 is 8.78 Å². The third-order valence-electron chi connectivity index (χ3n) is 6.94. The van der Waals surface area contributed by atoms with Gasteiger partial charge in [0.15, 0.2) is 5.82 Å². The van der Waals surface area contributed by atoms with Crippen LogP contribution in [0.4, 0.5) is 20.2 Å². The number of halogens is 2. The second kappa shape index (κ2) is 11.1. The molecular formula is C28H29F2N7S. The largest absolute Gasteiger partial charge is 0.369 e. The minimum atomic E-state index is -0.514. The molecule has 0 radical (unpaired) electrons. The van der Waals surface area contributed by atoms with Crippen LogP contribution in [0.3, 0.4) is 0 Å². The summed E-state index contributed by atoms with van der Waals surface area (Å²) in [5.41, 5.74) is 4.10. The van der Waals surface area contributed by atoms with E-state index in [4.69, 9.17) is 5.10 Å². The highest BCUT2D eigenvalue weighted by molar-refractivity contribution is 7.98. The fourth-order valence-corrected chi connectivity index (χ4v) is 5.73. The Balaban J connectivity index is 1.37. The number of anilines is 2. The van der Waals surface area contributed by atoms with E-state index >= 15 is 4.39 Å². The summed E-state index contributed by atoms with van der Waals surface area (Å²) in [6, 6.07) is 14.3. The van der Waals surface area contributed by atoms with Crippen LogP contribution in [0, 0.1) is 11.6 Å². The molecule has 2 N–H and O–H groups in total. The number of benzene rings is 2. The Labute approximate surface area is 225 Å². The van der Waals surface area contributed by atoms with Gasteiger partial charge in [-0.2, -0.15) is 5.10 Å². The van der Waals surface area contributed by atoms with Gasteiger partial charge in [0.25, 0.3) is 0 Å². The number of nitrogens with zero attached hydrogens (tertiary/aromatic N) is 5. The van der Waals surface area contributed by atoms with Crippen molar-refractivity contribution in [3.05, 3.63) is 78.8 Å². The molecule has 0 bridgehead atoms. The molecule has 196 valence electrons. The van der Waals surface area contributed by atoms with E-state index in [1.807, 2.05) is 24.3 Å². The second-order valence-electron chi connectivity index (χ2n) is 9.47. The Morgan fingerprint density at radius 1 is 0.842 bits per heavy atom. The first-order chi connectivity index (χ1) is 18.7. The number of pyridine rings is 1. The van der Waals surface area contributed by atoms with Gasteiger partial charge >= 0.3 is 0 Å². The van der Waals surface area contributed by atoms with Crippen LogP contribution in [0.1, 0.15) is 12.8 Å². The molecule has 0 atom stereocenters. The fraction of sp³-hybridized carbons (Fsp3) is 0.286. The second-order valence-corrected chi connectivity index (χ2v) is 10.4. The lowest BCUT2D eigenvalue weighted by Crippen LogP contribution is -2.43. The van der Waals surface area contributed by atoms with E-state index in [1.165, 1.54) is 24.3 Å². The molecule has 2 aromatic carbocycles. The van der Waals surface area contributed by atoms with Crippen molar-refractivity contribution in [1.29, 1.82) is 0 Å². The standard InChI is InChI=1S/C28H29F2N7S/c29-21-17-24(27(30)26(18-21)34-38-36-13-1-2-14-36)25-19-37(33-28(25)20-7-9-31-10-8-20)23-5-3-22(4-6-23)35-15-11-32-12-16-35/h3-10,17-19,32,34H,1-2,11-16H2. The summed E-state index contributed by atoms with van der Waals surface area (Å²) in [5, 5.41) is 8.19. The predicted octanol–water partition coefficient (Wildman–Crippen LogP) is 5.36. The maximum Gasteiger partial charge on any atom is 0.155 e. The first-order valence-corrected chi connectivity index (χ1v) is 13.7. The Morgan fingerprint density at radius 2 is 1.55 bits per heavy atom. The molecule has 0 spiro atoms. The van der Waals surface area contributed by atoms with Crippen molar-refractivity contribution in [2.45, 2.75) is 12.8 Å². The summed E-state index contributed by atoms with van der Waals surface area (Å²) in [6.45, 7) is 5.70. The molecule has 6 rings (SSSR count). The van der Waals surface area contributed by atoms with E-state index in [0.29, 0.717) is 11.3 Å². The maximum atomic E-state index is 15.9. The maximum absolute atomic E-state index is 15.9. The normalized spacial score (nSPS) is 16.2. The third kappa shape index (κ3) is 5.24. The summed E-state index contributed by atoms with van der Waals surface area (Å²) in [5.74, 6) is -1.03. The third-order valence-corrected chi connectivity index (χ3v) is 7.88. The van der Waals surface area contributed by atoms with Gasteiger partial charge in [-0.25, -0.2) is 17.8 Å².